The first-order valence-corrected chi connectivity index (χ1v) is 8.54. The summed E-state index contributed by atoms with van der Waals surface area (Å²) in [5, 5.41) is 0. The number of hydrogen-bond donors (Lipinski definition) is 0. The molecule has 0 spiro atoms. The van der Waals surface area contributed by atoms with E-state index in [0.717, 1.165) is 58.4 Å². The first-order chi connectivity index (χ1) is 10.2. The molecular formula is C16H29N3O2. The lowest BCUT2D eigenvalue weighted by Gasteiger charge is -2.33. The van der Waals surface area contributed by atoms with Crippen molar-refractivity contribution >= 4 is 5.91 Å². The van der Waals surface area contributed by atoms with Crippen LogP contribution in [-0.2, 0) is 9.53 Å². The van der Waals surface area contributed by atoms with Crippen molar-refractivity contribution in [3.63, 3.8) is 0 Å². The lowest BCUT2D eigenvalue weighted by molar-refractivity contribution is -0.133. The molecule has 3 heterocycles. The van der Waals surface area contributed by atoms with Crippen molar-refractivity contribution in [3.05, 3.63) is 0 Å². The highest BCUT2D eigenvalue weighted by atomic mass is 16.5. The van der Waals surface area contributed by atoms with Gasteiger partial charge in [0.2, 0.25) is 5.91 Å². The van der Waals surface area contributed by atoms with Crippen LogP contribution >= 0.6 is 0 Å². The summed E-state index contributed by atoms with van der Waals surface area (Å²) >= 11 is 0. The van der Waals surface area contributed by atoms with Gasteiger partial charge in [0.25, 0.3) is 0 Å². The Kier molecular flexibility index (Phi) is 5.14. The van der Waals surface area contributed by atoms with E-state index in [0.29, 0.717) is 18.5 Å². The standard InChI is InChI=1S/C16H29N3O2/c1-14-2-6-19(7-3-14)16(20)13-17-5-4-15(12-17)18-8-10-21-11-9-18/h14-15H,2-13H2,1H3/t15-/m0/s1. The molecule has 3 fully saturated rings. The molecule has 21 heavy (non-hydrogen) atoms. The lowest BCUT2D eigenvalue weighted by atomic mass is 9.99. The number of amides is 1. The Morgan fingerprint density at radius 1 is 1.05 bits per heavy atom. The minimum Gasteiger partial charge on any atom is -0.379 e. The molecule has 0 bridgehead atoms. The summed E-state index contributed by atoms with van der Waals surface area (Å²) in [7, 11) is 0. The van der Waals surface area contributed by atoms with Crippen LogP contribution in [0.4, 0.5) is 0 Å². The Hall–Kier alpha value is -0.650. The number of carbonyl (C=O) groups is 1. The Balaban J connectivity index is 1.42. The van der Waals surface area contributed by atoms with Crippen LogP contribution < -0.4 is 0 Å². The van der Waals surface area contributed by atoms with Gasteiger partial charge in [-0.2, -0.15) is 0 Å². The second-order valence-electron chi connectivity index (χ2n) is 6.89. The summed E-state index contributed by atoms with van der Waals surface area (Å²) < 4.78 is 5.42. The third-order valence-electron chi connectivity index (χ3n) is 5.30. The van der Waals surface area contributed by atoms with E-state index >= 15 is 0 Å². The predicted octanol–water partition coefficient (Wildman–Crippen LogP) is 0.651. The maximum absolute atomic E-state index is 12.4. The van der Waals surface area contributed by atoms with Gasteiger partial charge in [-0.05, 0) is 25.2 Å². The Morgan fingerprint density at radius 2 is 1.76 bits per heavy atom. The van der Waals surface area contributed by atoms with Gasteiger partial charge < -0.3 is 9.64 Å². The third-order valence-corrected chi connectivity index (χ3v) is 5.30. The molecule has 1 amide bonds. The molecule has 0 aromatic heterocycles. The first-order valence-electron chi connectivity index (χ1n) is 8.54. The summed E-state index contributed by atoms with van der Waals surface area (Å²) in [5.41, 5.74) is 0. The van der Waals surface area contributed by atoms with Gasteiger partial charge in [-0.3, -0.25) is 14.6 Å². The lowest BCUT2D eigenvalue weighted by Crippen LogP contribution is -2.46. The van der Waals surface area contributed by atoms with E-state index in [9.17, 15) is 4.79 Å². The van der Waals surface area contributed by atoms with Crippen LogP contribution in [0.1, 0.15) is 26.2 Å². The molecule has 0 N–H and O–H groups in total. The van der Waals surface area contributed by atoms with E-state index < -0.39 is 0 Å². The molecule has 3 aliphatic heterocycles. The first kappa shape index (κ1) is 15.3. The van der Waals surface area contributed by atoms with Crippen LogP contribution in [0.3, 0.4) is 0 Å². The van der Waals surface area contributed by atoms with E-state index in [2.05, 4.69) is 21.6 Å². The van der Waals surface area contributed by atoms with Gasteiger partial charge in [0.1, 0.15) is 0 Å². The van der Waals surface area contributed by atoms with Crippen molar-refractivity contribution in [2.45, 2.75) is 32.2 Å². The highest BCUT2D eigenvalue weighted by Crippen LogP contribution is 2.19. The summed E-state index contributed by atoms with van der Waals surface area (Å²) in [6.45, 7) is 10.8. The number of morpholine rings is 1. The second kappa shape index (κ2) is 7.07. The monoisotopic (exact) mass is 295 g/mol. The fourth-order valence-corrected chi connectivity index (χ4v) is 3.75. The molecular weight excluding hydrogens is 266 g/mol. The van der Waals surface area contributed by atoms with Crippen LogP contribution in [0.25, 0.3) is 0 Å². The summed E-state index contributed by atoms with van der Waals surface area (Å²) in [6.07, 6.45) is 3.54. The van der Waals surface area contributed by atoms with Gasteiger partial charge >= 0.3 is 0 Å². The fraction of sp³-hybridized carbons (Fsp3) is 0.938. The summed E-state index contributed by atoms with van der Waals surface area (Å²) in [4.78, 5) is 19.4. The zero-order valence-electron chi connectivity index (χ0n) is 13.3. The predicted molar refractivity (Wildman–Crippen MR) is 82.2 cm³/mol. The second-order valence-corrected chi connectivity index (χ2v) is 6.89. The van der Waals surface area contributed by atoms with Crippen molar-refractivity contribution in [3.8, 4) is 0 Å². The minimum absolute atomic E-state index is 0.338. The highest BCUT2D eigenvalue weighted by Gasteiger charge is 2.30. The normalized spacial score (nSPS) is 30.0. The van der Waals surface area contributed by atoms with E-state index in [4.69, 9.17) is 4.74 Å². The quantitative estimate of drug-likeness (QED) is 0.766. The Morgan fingerprint density at radius 3 is 2.48 bits per heavy atom. The van der Waals surface area contributed by atoms with Crippen LogP contribution in [0.15, 0.2) is 0 Å². The number of hydrogen-bond acceptors (Lipinski definition) is 4. The number of ether oxygens (including phenoxy) is 1. The Labute approximate surface area is 128 Å². The molecule has 3 saturated heterocycles. The number of nitrogens with zero attached hydrogens (tertiary/aromatic N) is 3. The van der Waals surface area contributed by atoms with Crippen molar-refractivity contribution in [1.29, 1.82) is 0 Å². The zero-order chi connectivity index (χ0) is 14.7. The maximum Gasteiger partial charge on any atom is 0.236 e. The molecule has 5 heteroatoms. The van der Waals surface area contributed by atoms with Crippen molar-refractivity contribution < 1.29 is 9.53 Å². The average molecular weight is 295 g/mol. The fourth-order valence-electron chi connectivity index (χ4n) is 3.75. The van der Waals surface area contributed by atoms with Crippen LogP contribution in [0.5, 0.6) is 0 Å². The molecule has 0 aliphatic carbocycles. The van der Waals surface area contributed by atoms with Crippen molar-refractivity contribution in [2.75, 3.05) is 59.0 Å². The van der Waals surface area contributed by atoms with Crippen LogP contribution in [0, 0.1) is 5.92 Å². The molecule has 0 unspecified atom stereocenters. The van der Waals surface area contributed by atoms with Crippen molar-refractivity contribution in [2.24, 2.45) is 5.92 Å². The smallest absolute Gasteiger partial charge is 0.236 e. The number of likely N-dealkylation sites (tertiary alicyclic amines) is 2. The SMILES string of the molecule is CC1CCN(C(=O)CN2CC[C@H](N3CCOCC3)C2)CC1. The molecule has 0 radical (unpaired) electrons. The maximum atomic E-state index is 12.4. The molecule has 0 aromatic rings. The van der Waals surface area contributed by atoms with E-state index in [1.165, 1.54) is 19.3 Å². The number of carbonyl (C=O) groups excluding carboxylic acids is 1. The minimum atomic E-state index is 0.338. The Bertz CT molecular complexity index is 349. The molecule has 3 rings (SSSR count). The van der Waals surface area contributed by atoms with Gasteiger partial charge in [0, 0.05) is 45.3 Å². The summed E-state index contributed by atoms with van der Waals surface area (Å²) in [5.74, 6) is 1.12. The zero-order valence-corrected chi connectivity index (χ0v) is 13.3. The van der Waals surface area contributed by atoms with Gasteiger partial charge in [-0.25, -0.2) is 0 Å². The largest absolute Gasteiger partial charge is 0.379 e. The molecule has 120 valence electrons. The van der Waals surface area contributed by atoms with Crippen LogP contribution in [0.2, 0.25) is 0 Å². The van der Waals surface area contributed by atoms with E-state index in [1.54, 1.807) is 0 Å². The van der Waals surface area contributed by atoms with Gasteiger partial charge in [0.05, 0.1) is 19.8 Å². The molecule has 1 atom stereocenters. The van der Waals surface area contributed by atoms with Gasteiger partial charge in [0.15, 0.2) is 0 Å². The average Bonchev–Trinajstić information content (AvgIpc) is 2.97. The highest BCUT2D eigenvalue weighted by molar-refractivity contribution is 5.78. The van der Waals surface area contributed by atoms with Gasteiger partial charge in [-0.15, -0.1) is 0 Å². The molecule has 0 saturated carbocycles. The topological polar surface area (TPSA) is 36.0 Å². The van der Waals surface area contributed by atoms with Gasteiger partial charge in [-0.1, -0.05) is 6.92 Å². The van der Waals surface area contributed by atoms with E-state index in [-0.39, 0.29) is 0 Å². The summed E-state index contributed by atoms with van der Waals surface area (Å²) in [6, 6.07) is 0.628. The molecule has 5 nitrogen and oxygen atoms in total. The van der Waals surface area contributed by atoms with Crippen LogP contribution in [-0.4, -0.2) is 85.7 Å². The number of piperidine rings is 1. The molecule has 0 aromatic carbocycles. The van der Waals surface area contributed by atoms with Crippen molar-refractivity contribution in [1.82, 2.24) is 14.7 Å². The third kappa shape index (κ3) is 3.96. The van der Waals surface area contributed by atoms with E-state index in [1.807, 2.05) is 0 Å². The molecule has 3 aliphatic rings. The number of rotatable bonds is 3.